The molecule has 0 fully saturated rings. The molecule has 0 saturated carbocycles. The van der Waals surface area contributed by atoms with Crippen LogP contribution in [0.2, 0.25) is 0 Å². The molecule has 2 aliphatic heterocycles. The van der Waals surface area contributed by atoms with Crippen molar-refractivity contribution < 1.29 is 20.4 Å². The van der Waals surface area contributed by atoms with Crippen molar-refractivity contribution in [1.29, 1.82) is 0 Å². The highest BCUT2D eigenvalue weighted by Crippen LogP contribution is 2.37. The molecular formula is C44H38N4O4. The Balaban J connectivity index is 1.49. The molecule has 0 amide bonds. The average molecular weight is 687 g/mol. The summed E-state index contributed by atoms with van der Waals surface area (Å²) in [6.45, 7) is 0. The van der Waals surface area contributed by atoms with Gasteiger partial charge in [0.2, 0.25) is 0 Å². The van der Waals surface area contributed by atoms with Gasteiger partial charge in [0.25, 0.3) is 0 Å². The first kappa shape index (κ1) is 33.1. The van der Waals surface area contributed by atoms with Gasteiger partial charge in [-0.2, -0.15) is 0 Å². The molecule has 2 unspecified atom stereocenters. The second-order valence-corrected chi connectivity index (χ2v) is 13.1. The van der Waals surface area contributed by atoms with Crippen LogP contribution in [-0.2, 0) is 0 Å². The Morgan fingerprint density at radius 3 is 1.54 bits per heavy atom. The first-order valence-electron chi connectivity index (χ1n) is 17.3. The van der Waals surface area contributed by atoms with E-state index in [-0.39, 0.29) is 12.1 Å². The number of rotatable bonds is 4. The monoisotopic (exact) mass is 686 g/mol. The summed E-state index contributed by atoms with van der Waals surface area (Å²) in [5.41, 5.74) is 14.5. The van der Waals surface area contributed by atoms with E-state index in [9.17, 15) is 20.4 Å². The minimum Gasteiger partial charge on any atom is -0.399 e. The summed E-state index contributed by atoms with van der Waals surface area (Å²) < 4.78 is 0. The Bertz CT molecular complexity index is 2450. The van der Waals surface area contributed by atoms with E-state index in [1.807, 2.05) is 146 Å². The molecule has 2 aliphatic rings. The largest absolute Gasteiger partial charge is 0.399 e. The predicted octanol–water partition coefficient (Wildman–Crippen LogP) is 4.22. The van der Waals surface area contributed by atoms with Crippen LogP contribution >= 0.6 is 0 Å². The molecule has 6 bridgehead atoms. The second kappa shape index (κ2) is 13.9. The standard InChI is InChI=1S/C44H38N4O4/c45-39-36(27-15-7-2-8-16-27)32-23-24-34(47-32)38(29-19-11-4-12-20-29)41-44(52)43(51)40(48-41)37(28-17-9-3-10-18-28)33-22-21-31(46-33)30(25-35(49)42(39)50)26-13-5-1-6-14-26/h1-24,35,42-44,46-47,49-52H,25,45H2/b31-30+,37-33-,39-36-,41-38-/t35?,42-,43+,44?/m1/s1. The van der Waals surface area contributed by atoms with Crippen LogP contribution in [0.15, 0.2) is 162 Å². The Hall–Kier alpha value is -6.03. The summed E-state index contributed by atoms with van der Waals surface area (Å²) >= 11 is 0. The van der Waals surface area contributed by atoms with Crippen LogP contribution in [0.1, 0.15) is 40.1 Å². The van der Waals surface area contributed by atoms with Crippen molar-refractivity contribution in [3.8, 4) is 0 Å². The van der Waals surface area contributed by atoms with Gasteiger partial charge in [-0.25, -0.2) is 0 Å². The lowest BCUT2D eigenvalue weighted by atomic mass is 9.92. The fourth-order valence-corrected chi connectivity index (χ4v) is 7.25. The van der Waals surface area contributed by atoms with E-state index < -0.39 is 24.4 Å². The van der Waals surface area contributed by atoms with E-state index in [1.165, 1.54) is 0 Å². The van der Waals surface area contributed by atoms with Crippen molar-refractivity contribution >= 4 is 28.0 Å². The van der Waals surface area contributed by atoms with Crippen molar-refractivity contribution in [3.63, 3.8) is 0 Å². The van der Waals surface area contributed by atoms with E-state index in [0.717, 1.165) is 27.8 Å². The highest BCUT2D eigenvalue weighted by atomic mass is 16.3. The molecular weight excluding hydrogens is 649 g/mol. The maximum Gasteiger partial charge on any atom is 0.128 e. The number of nitrogens with two attached hydrogens (primary N) is 1. The number of aliphatic hydroxyl groups is 4. The van der Waals surface area contributed by atoms with Crippen LogP contribution < -0.4 is 16.4 Å². The second-order valence-electron chi connectivity index (χ2n) is 13.1. The number of hydrogen-bond acceptors (Lipinski definition) is 6. The van der Waals surface area contributed by atoms with Crippen molar-refractivity contribution in [2.75, 3.05) is 0 Å². The van der Waals surface area contributed by atoms with E-state index >= 15 is 0 Å². The topological polar surface area (TPSA) is 151 Å². The summed E-state index contributed by atoms with van der Waals surface area (Å²) in [4.78, 5) is 12.1. The van der Waals surface area contributed by atoms with Gasteiger partial charge in [-0.05, 0) is 52.1 Å². The van der Waals surface area contributed by atoms with Gasteiger partial charge in [-0.3, -0.25) is 4.99 Å². The van der Waals surface area contributed by atoms with Crippen LogP contribution in [0.3, 0.4) is 0 Å². The van der Waals surface area contributed by atoms with Crippen molar-refractivity contribution in [2.45, 2.75) is 30.8 Å². The molecule has 4 aromatic carbocycles. The molecule has 8 rings (SSSR count). The zero-order valence-electron chi connectivity index (χ0n) is 28.2. The molecule has 2 aromatic heterocycles. The number of hydrogen-bond donors (Lipinski definition) is 7. The van der Waals surface area contributed by atoms with Crippen molar-refractivity contribution in [3.05, 3.63) is 201 Å². The zero-order valence-corrected chi connectivity index (χ0v) is 28.2. The summed E-state index contributed by atoms with van der Waals surface area (Å²) in [5, 5.41) is 48.6. The number of aliphatic imine (C=N–C) groups is 1. The smallest absolute Gasteiger partial charge is 0.128 e. The summed E-state index contributed by atoms with van der Waals surface area (Å²) in [6, 6.07) is 46.0. The first-order valence-corrected chi connectivity index (χ1v) is 17.3. The van der Waals surface area contributed by atoms with Gasteiger partial charge in [0.05, 0.1) is 17.5 Å². The number of aromatic nitrogens is 2. The molecule has 0 saturated heterocycles. The molecule has 8 heteroatoms. The third kappa shape index (κ3) is 6.04. The Morgan fingerprint density at radius 2 is 0.962 bits per heavy atom. The molecule has 258 valence electrons. The lowest BCUT2D eigenvalue weighted by Gasteiger charge is -2.23. The maximum atomic E-state index is 11.8. The van der Waals surface area contributed by atoms with E-state index in [1.54, 1.807) is 0 Å². The number of benzene rings is 4. The molecule has 52 heavy (non-hydrogen) atoms. The van der Waals surface area contributed by atoms with Crippen molar-refractivity contribution in [1.82, 2.24) is 9.97 Å². The lowest BCUT2D eigenvalue weighted by Crippen LogP contribution is -2.34. The van der Waals surface area contributed by atoms with Gasteiger partial charge >= 0.3 is 0 Å². The fraction of sp³-hybridized carbons (Fsp3) is 0.114. The number of aliphatic hydroxyl groups excluding tert-OH is 4. The first-order chi connectivity index (χ1) is 25.4. The summed E-state index contributed by atoms with van der Waals surface area (Å²) in [7, 11) is 0. The van der Waals surface area contributed by atoms with Gasteiger partial charge < -0.3 is 36.1 Å². The molecule has 8 nitrogen and oxygen atoms in total. The Morgan fingerprint density at radius 1 is 0.481 bits per heavy atom. The predicted molar refractivity (Wildman–Crippen MR) is 204 cm³/mol. The van der Waals surface area contributed by atoms with Gasteiger partial charge in [0.1, 0.15) is 18.3 Å². The normalized spacial score (nSPS) is 25.8. The van der Waals surface area contributed by atoms with Gasteiger partial charge in [-0.1, -0.05) is 121 Å². The quantitative estimate of drug-likeness (QED) is 0.148. The van der Waals surface area contributed by atoms with E-state index in [2.05, 4.69) is 9.97 Å². The molecule has 6 aromatic rings. The number of nitrogens with one attached hydrogen (secondary N) is 2. The van der Waals surface area contributed by atoms with Gasteiger partial charge in [-0.15, -0.1) is 0 Å². The lowest BCUT2D eigenvalue weighted by molar-refractivity contribution is 0.0451. The van der Waals surface area contributed by atoms with Gasteiger partial charge in [0.15, 0.2) is 0 Å². The van der Waals surface area contributed by atoms with E-state index in [4.69, 9.17) is 10.7 Å². The van der Waals surface area contributed by atoms with Crippen LogP contribution in [0.5, 0.6) is 0 Å². The van der Waals surface area contributed by atoms with Crippen LogP contribution in [0.25, 0.3) is 22.3 Å². The fourth-order valence-electron chi connectivity index (χ4n) is 7.25. The Kier molecular flexibility index (Phi) is 8.88. The number of fused-ring (bicyclic) bond motifs is 5. The molecule has 8 N–H and O–H groups in total. The number of nitrogens with zero attached hydrogens (tertiary/aromatic N) is 1. The van der Waals surface area contributed by atoms with Gasteiger partial charge in [0, 0.05) is 50.9 Å². The molecule has 4 atom stereocenters. The number of aromatic amines is 2. The van der Waals surface area contributed by atoms with E-state index in [0.29, 0.717) is 50.2 Å². The van der Waals surface area contributed by atoms with Crippen molar-refractivity contribution in [2.24, 2.45) is 10.7 Å². The Labute approximate surface area is 300 Å². The SMILES string of the molecule is N/C1=C(/c2ccccc2)c2ccc([nH]2)/C(c2ccccc2)=C2N=C(/C(c3ccccc3)=c3/cc/c([nH]3)=C(\c3ccccc3)CC(O)[C@H]1O)[C@H](O)C\2O. The number of H-pyrrole nitrogens is 2. The highest BCUT2D eigenvalue weighted by Gasteiger charge is 2.38. The van der Waals surface area contributed by atoms with Crippen LogP contribution in [-0.4, -0.2) is 60.5 Å². The van der Waals surface area contributed by atoms with Crippen LogP contribution in [0, 0.1) is 0 Å². The maximum absolute atomic E-state index is 11.8. The molecule has 0 radical (unpaired) electrons. The zero-order chi connectivity index (χ0) is 35.8. The highest BCUT2D eigenvalue weighted by molar-refractivity contribution is 6.27. The third-order valence-electron chi connectivity index (χ3n) is 9.81. The molecule has 0 aliphatic carbocycles. The third-order valence-corrected chi connectivity index (χ3v) is 9.81. The van der Waals surface area contributed by atoms with Crippen LogP contribution in [0.4, 0.5) is 0 Å². The summed E-state index contributed by atoms with van der Waals surface area (Å²) in [6.07, 6.45) is -5.32. The molecule has 0 spiro atoms. The minimum absolute atomic E-state index is 0.0662. The average Bonchev–Trinajstić information content (AvgIpc) is 3.93. The minimum atomic E-state index is -1.43. The summed E-state index contributed by atoms with van der Waals surface area (Å²) in [5.74, 6) is 0. The molecule has 4 heterocycles.